The minimum Gasteiger partial charge on any atom is -0.394 e. The molecule has 1 rings (SSSR count). The third-order valence-corrected chi connectivity index (χ3v) is 1.22. The minimum absolute atomic E-state index is 0.209. The van der Waals surface area contributed by atoms with Crippen LogP contribution >= 0.6 is 0 Å². The van der Waals surface area contributed by atoms with Crippen molar-refractivity contribution >= 4 is 0 Å². The molecule has 1 heterocycles. The van der Waals surface area contributed by atoms with Crippen LogP contribution in [0.3, 0.4) is 0 Å². The molecule has 3 N–H and O–H groups in total. The molecule has 0 aliphatic heterocycles. The van der Waals surface area contributed by atoms with E-state index in [4.69, 9.17) is 10.2 Å². The predicted molar refractivity (Wildman–Crippen MR) is 35.4 cm³/mol. The maximum absolute atomic E-state index is 8.93. The molecule has 1 aromatic heterocycles. The number of aliphatic hydroxyl groups excluding tert-OH is 2. The molecule has 0 aliphatic carbocycles. The smallest absolute Gasteiger partial charge is 0.0921 e. The standard InChI is InChI=1S/C6H10N2O2/c9-3-6(10)1-5-2-7-4-8-5/h2,4,6,9-10H,1,3H2,(H,7,8)/t6-/m0/s1. The Balaban J connectivity index is 2.40. The van der Waals surface area contributed by atoms with Crippen LogP contribution in [0, 0.1) is 0 Å². The molecule has 0 saturated heterocycles. The van der Waals surface area contributed by atoms with E-state index in [0.717, 1.165) is 5.69 Å². The van der Waals surface area contributed by atoms with Crippen molar-refractivity contribution in [3.8, 4) is 0 Å². The second-order valence-corrected chi connectivity index (χ2v) is 2.12. The van der Waals surface area contributed by atoms with E-state index in [-0.39, 0.29) is 6.61 Å². The normalized spacial score (nSPS) is 13.4. The lowest BCUT2D eigenvalue weighted by atomic mass is 10.2. The minimum atomic E-state index is -0.680. The maximum atomic E-state index is 8.93. The lowest BCUT2D eigenvalue weighted by molar-refractivity contribution is 0.0948. The van der Waals surface area contributed by atoms with Gasteiger partial charge in [-0.25, -0.2) is 4.98 Å². The molecule has 0 fully saturated rings. The molecule has 0 bridgehead atoms. The van der Waals surface area contributed by atoms with E-state index in [1.165, 1.54) is 0 Å². The van der Waals surface area contributed by atoms with Crippen molar-refractivity contribution in [2.45, 2.75) is 12.5 Å². The number of hydrogen-bond donors (Lipinski definition) is 3. The molecular weight excluding hydrogens is 132 g/mol. The van der Waals surface area contributed by atoms with Gasteiger partial charge in [0.1, 0.15) is 0 Å². The predicted octanol–water partition coefficient (Wildman–Crippen LogP) is -0.695. The number of nitrogens with one attached hydrogen (secondary N) is 1. The molecule has 0 aliphatic rings. The van der Waals surface area contributed by atoms with Crippen LogP contribution in [0.4, 0.5) is 0 Å². The molecule has 0 saturated carbocycles. The van der Waals surface area contributed by atoms with Crippen molar-refractivity contribution < 1.29 is 10.2 Å². The number of aromatic amines is 1. The molecule has 4 heteroatoms. The zero-order chi connectivity index (χ0) is 7.40. The summed E-state index contributed by atoms with van der Waals surface area (Å²) in [5.41, 5.74) is 0.835. The largest absolute Gasteiger partial charge is 0.394 e. The third kappa shape index (κ3) is 1.82. The number of hydrogen-bond acceptors (Lipinski definition) is 3. The van der Waals surface area contributed by atoms with E-state index in [0.29, 0.717) is 6.42 Å². The second kappa shape index (κ2) is 3.34. The Kier molecular flexibility index (Phi) is 2.42. The number of aromatic nitrogens is 2. The fraction of sp³-hybridized carbons (Fsp3) is 0.500. The van der Waals surface area contributed by atoms with Gasteiger partial charge in [0.05, 0.1) is 19.0 Å². The highest BCUT2D eigenvalue weighted by Gasteiger charge is 2.03. The number of nitrogens with zero attached hydrogens (tertiary/aromatic N) is 1. The van der Waals surface area contributed by atoms with E-state index in [2.05, 4.69) is 9.97 Å². The van der Waals surface area contributed by atoms with Crippen LogP contribution in [0.2, 0.25) is 0 Å². The summed E-state index contributed by atoms with van der Waals surface area (Å²) in [6.07, 6.45) is 2.91. The second-order valence-electron chi connectivity index (χ2n) is 2.12. The van der Waals surface area contributed by atoms with E-state index in [1.54, 1.807) is 12.5 Å². The monoisotopic (exact) mass is 142 g/mol. The van der Waals surface area contributed by atoms with Gasteiger partial charge < -0.3 is 15.2 Å². The molecule has 0 aromatic carbocycles. The highest BCUT2D eigenvalue weighted by Crippen LogP contribution is 1.96. The van der Waals surface area contributed by atoms with E-state index >= 15 is 0 Å². The fourth-order valence-corrected chi connectivity index (χ4v) is 0.715. The molecule has 0 spiro atoms. The highest BCUT2D eigenvalue weighted by atomic mass is 16.3. The highest BCUT2D eigenvalue weighted by molar-refractivity contribution is 4.95. The van der Waals surface area contributed by atoms with Crippen molar-refractivity contribution in [2.75, 3.05) is 6.61 Å². The van der Waals surface area contributed by atoms with Gasteiger partial charge in [0.2, 0.25) is 0 Å². The Morgan fingerprint density at radius 2 is 2.50 bits per heavy atom. The van der Waals surface area contributed by atoms with Crippen molar-refractivity contribution in [1.82, 2.24) is 9.97 Å². The topological polar surface area (TPSA) is 69.1 Å². The average Bonchev–Trinajstić information content (AvgIpc) is 2.40. The van der Waals surface area contributed by atoms with Gasteiger partial charge >= 0.3 is 0 Å². The lowest BCUT2D eigenvalue weighted by Crippen LogP contribution is -2.15. The summed E-state index contributed by atoms with van der Waals surface area (Å²) in [6.45, 7) is -0.209. The Labute approximate surface area is 58.5 Å². The van der Waals surface area contributed by atoms with Crippen molar-refractivity contribution in [2.24, 2.45) is 0 Å². The Hall–Kier alpha value is -0.870. The van der Waals surface area contributed by atoms with Crippen LogP contribution in [-0.2, 0) is 6.42 Å². The number of rotatable bonds is 3. The molecule has 1 aromatic rings. The Morgan fingerprint density at radius 3 is 3.00 bits per heavy atom. The van der Waals surface area contributed by atoms with Crippen molar-refractivity contribution in [1.29, 1.82) is 0 Å². The van der Waals surface area contributed by atoms with E-state index < -0.39 is 6.10 Å². The summed E-state index contributed by atoms with van der Waals surface area (Å²) in [4.78, 5) is 6.58. The molecule has 1 atom stereocenters. The first-order valence-electron chi connectivity index (χ1n) is 3.09. The molecule has 4 nitrogen and oxygen atoms in total. The third-order valence-electron chi connectivity index (χ3n) is 1.22. The number of H-pyrrole nitrogens is 1. The van der Waals surface area contributed by atoms with Gasteiger partial charge in [0.25, 0.3) is 0 Å². The molecule has 0 unspecified atom stereocenters. The van der Waals surface area contributed by atoms with Crippen LogP contribution in [-0.4, -0.2) is 32.9 Å². The number of aliphatic hydroxyl groups is 2. The zero-order valence-corrected chi connectivity index (χ0v) is 5.49. The Morgan fingerprint density at radius 1 is 1.70 bits per heavy atom. The summed E-state index contributed by atoms with van der Waals surface area (Å²) < 4.78 is 0. The van der Waals surface area contributed by atoms with Crippen LogP contribution in [0.15, 0.2) is 12.5 Å². The molecule has 0 radical (unpaired) electrons. The van der Waals surface area contributed by atoms with Crippen molar-refractivity contribution in [3.63, 3.8) is 0 Å². The van der Waals surface area contributed by atoms with Crippen LogP contribution < -0.4 is 0 Å². The van der Waals surface area contributed by atoms with Gasteiger partial charge in [-0.3, -0.25) is 0 Å². The summed E-state index contributed by atoms with van der Waals surface area (Å²) in [5, 5.41) is 17.4. The van der Waals surface area contributed by atoms with Gasteiger partial charge in [0.15, 0.2) is 0 Å². The van der Waals surface area contributed by atoms with Gasteiger partial charge in [-0.2, -0.15) is 0 Å². The van der Waals surface area contributed by atoms with Crippen LogP contribution in [0.5, 0.6) is 0 Å². The average molecular weight is 142 g/mol. The first kappa shape index (κ1) is 7.24. The van der Waals surface area contributed by atoms with E-state index in [9.17, 15) is 0 Å². The first-order chi connectivity index (χ1) is 4.83. The molecule has 56 valence electrons. The summed E-state index contributed by atoms with van der Waals surface area (Å²) >= 11 is 0. The molecular formula is C6H10N2O2. The van der Waals surface area contributed by atoms with Gasteiger partial charge in [-0.1, -0.05) is 0 Å². The SMILES string of the molecule is OC[C@@H](O)Cc1cnc[nH]1. The molecule has 10 heavy (non-hydrogen) atoms. The van der Waals surface area contributed by atoms with Gasteiger partial charge in [0, 0.05) is 18.3 Å². The quantitative estimate of drug-likeness (QED) is 0.523. The molecule has 0 amide bonds. The number of imidazole rings is 1. The fourth-order valence-electron chi connectivity index (χ4n) is 0.715. The first-order valence-corrected chi connectivity index (χ1v) is 3.09. The Bertz CT molecular complexity index is 174. The summed E-state index contributed by atoms with van der Waals surface area (Å²) in [7, 11) is 0. The van der Waals surface area contributed by atoms with Crippen LogP contribution in [0.25, 0.3) is 0 Å². The van der Waals surface area contributed by atoms with E-state index in [1.807, 2.05) is 0 Å². The van der Waals surface area contributed by atoms with Gasteiger partial charge in [-0.05, 0) is 0 Å². The van der Waals surface area contributed by atoms with Crippen molar-refractivity contribution in [3.05, 3.63) is 18.2 Å². The maximum Gasteiger partial charge on any atom is 0.0921 e. The lowest BCUT2D eigenvalue weighted by Gasteiger charge is -2.02. The summed E-state index contributed by atoms with van der Waals surface area (Å²) in [6, 6.07) is 0. The zero-order valence-electron chi connectivity index (χ0n) is 5.49. The van der Waals surface area contributed by atoms with Gasteiger partial charge in [-0.15, -0.1) is 0 Å². The summed E-state index contributed by atoms with van der Waals surface area (Å²) in [5.74, 6) is 0. The van der Waals surface area contributed by atoms with Crippen LogP contribution in [0.1, 0.15) is 5.69 Å².